The average molecular weight is 475 g/mol. The van der Waals surface area contributed by atoms with E-state index in [0.717, 1.165) is 24.1 Å². The summed E-state index contributed by atoms with van der Waals surface area (Å²) in [5.74, 6) is -4.20. The topological polar surface area (TPSA) is 150 Å². The van der Waals surface area contributed by atoms with Crippen LogP contribution in [0, 0.1) is 11.8 Å². The third kappa shape index (κ3) is 4.42. The van der Waals surface area contributed by atoms with Crippen molar-refractivity contribution >= 4 is 28.9 Å². The number of ketones is 2. The maximum atomic E-state index is 13.6. The molecule has 34 heavy (non-hydrogen) atoms. The summed E-state index contributed by atoms with van der Waals surface area (Å²) < 4.78 is 5.93. The largest absolute Gasteiger partial charge is 0.507 e. The number of ether oxygens (including phenoxy) is 1. The Morgan fingerprint density at radius 3 is 2.59 bits per heavy atom. The van der Waals surface area contributed by atoms with Crippen molar-refractivity contribution < 1.29 is 34.4 Å². The molecule has 1 saturated carbocycles. The lowest BCUT2D eigenvalue weighted by Gasteiger charge is -2.44. The van der Waals surface area contributed by atoms with Crippen molar-refractivity contribution in [2.24, 2.45) is 17.6 Å². The first-order chi connectivity index (χ1) is 16.1. The van der Waals surface area contributed by atoms with Gasteiger partial charge < -0.3 is 30.7 Å². The monoisotopic (exact) mass is 474 g/mol. The fourth-order valence-electron chi connectivity index (χ4n) is 5.15. The van der Waals surface area contributed by atoms with Crippen LogP contribution < -0.4 is 15.4 Å². The molecular weight excluding hydrogens is 440 g/mol. The number of nitrogens with zero attached hydrogens (tertiary/aromatic N) is 1. The molecule has 0 spiro atoms. The van der Waals surface area contributed by atoms with Gasteiger partial charge in [0.1, 0.15) is 11.5 Å². The highest BCUT2D eigenvalue weighted by molar-refractivity contribution is 6.23. The van der Waals surface area contributed by atoms with Crippen LogP contribution in [0.1, 0.15) is 50.2 Å². The van der Waals surface area contributed by atoms with Crippen molar-refractivity contribution in [3.63, 3.8) is 0 Å². The van der Waals surface area contributed by atoms with Crippen molar-refractivity contribution in [3.05, 3.63) is 28.8 Å². The van der Waals surface area contributed by atoms with Crippen LogP contribution in [-0.2, 0) is 20.8 Å². The predicted octanol–water partition coefficient (Wildman–Crippen LogP) is 1.52. The fraction of sp³-hybridized carbons (Fsp3) is 0.560. The molecule has 1 aromatic rings. The molecule has 0 heterocycles. The lowest BCUT2D eigenvalue weighted by atomic mass is 9.61. The number of rotatable bonds is 10. The van der Waals surface area contributed by atoms with Crippen LogP contribution in [0.25, 0.3) is 5.76 Å². The maximum Gasteiger partial charge on any atom is 0.225 e. The van der Waals surface area contributed by atoms with E-state index in [-0.39, 0.29) is 30.8 Å². The third-order valence-corrected chi connectivity index (χ3v) is 6.83. The molecule has 2 aliphatic carbocycles. The van der Waals surface area contributed by atoms with E-state index < -0.39 is 41.3 Å². The fourth-order valence-corrected chi connectivity index (χ4v) is 5.15. The molecule has 3 rings (SSSR count). The number of carbonyl (C=O) groups excluding carboxylic acids is 3. The van der Waals surface area contributed by atoms with Gasteiger partial charge in [0.2, 0.25) is 11.7 Å². The average Bonchev–Trinajstić information content (AvgIpc) is 2.76. The van der Waals surface area contributed by atoms with Crippen LogP contribution in [0.2, 0.25) is 0 Å². The number of nitrogens with two attached hydrogens (primary N) is 1. The van der Waals surface area contributed by atoms with Gasteiger partial charge in [-0.1, -0.05) is 13.3 Å². The Balaban J connectivity index is 2.18. The van der Waals surface area contributed by atoms with E-state index in [1.165, 1.54) is 0 Å². The van der Waals surface area contributed by atoms with Crippen LogP contribution in [0.15, 0.2) is 17.7 Å². The van der Waals surface area contributed by atoms with E-state index in [0.29, 0.717) is 24.3 Å². The summed E-state index contributed by atoms with van der Waals surface area (Å²) >= 11 is 0. The standard InChI is InChI=1S/C25H34N2O7/c1-4-5-10-34-18-7-6-17(27(2)3)16-12-14-11-15(8-9-28)25(33,19(29)13-20(26)30)24(32)21(14)23(31)22(16)18/h6-7,14-15,28,31,33H,4-5,8-13H2,1-3H3,(H2,26,30)/t14-,15-,25-/m1/s1. The summed E-state index contributed by atoms with van der Waals surface area (Å²) in [6.07, 6.45) is 1.49. The minimum atomic E-state index is -2.54. The number of aliphatic hydroxyl groups is 3. The Bertz CT molecular complexity index is 1020. The van der Waals surface area contributed by atoms with Crippen LogP contribution in [0.3, 0.4) is 0 Å². The molecule has 186 valence electrons. The van der Waals surface area contributed by atoms with Gasteiger partial charge in [0, 0.05) is 37.9 Å². The number of carbonyl (C=O) groups is 3. The highest BCUT2D eigenvalue weighted by atomic mass is 16.5. The number of amides is 1. The van der Waals surface area contributed by atoms with E-state index >= 15 is 0 Å². The first kappa shape index (κ1) is 25.7. The van der Waals surface area contributed by atoms with Crippen molar-refractivity contribution in [2.45, 2.75) is 51.0 Å². The normalized spacial score (nSPS) is 23.9. The molecule has 0 bridgehead atoms. The SMILES string of the molecule is CCCCOc1ccc(N(C)C)c2c1C(O)=C1C(=O)[C@](O)(C(=O)CC(N)=O)[C@H](CCO)C[C@@H]1C2. The molecule has 0 radical (unpaired) electrons. The second-order valence-electron chi connectivity index (χ2n) is 9.30. The van der Waals surface area contributed by atoms with Gasteiger partial charge in [-0.15, -0.1) is 0 Å². The van der Waals surface area contributed by atoms with Crippen molar-refractivity contribution in [1.29, 1.82) is 0 Å². The van der Waals surface area contributed by atoms with Crippen molar-refractivity contribution in [3.8, 4) is 5.75 Å². The molecule has 3 atom stereocenters. The molecular formula is C25H34N2O7. The Kier molecular flexibility index (Phi) is 7.67. The van der Waals surface area contributed by atoms with Crippen LogP contribution in [-0.4, -0.2) is 65.7 Å². The first-order valence-electron chi connectivity index (χ1n) is 11.7. The molecule has 9 heteroatoms. The van der Waals surface area contributed by atoms with Gasteiger partial charge in [-0.2, -0.15) is 0 Å². The van der Waals surface area contributed by atoms with Gasteiger partial charge >= 0.3 is 0 Å². The quantitative estimate of drug-likeness (QED) is 0.294. The second kappa shape index (κ2) is 10.1. The van der Waals surface area contributed by atoms with Gasteiger partial charge in [-0.25, -0.2) is 0 Å². The predicted molar refractivity (Wildman–Crippen MR) is 126 cm³/mol. The summed E-state index contributed by atoms with van der Waals surface area (Å²) in [5, 5.41) is 32.3. The van der Waals surface area contributed by atoms with E-state index in [1.54, 1.807) is 6.07 Å². The Morgan fingerprint density at radius 2 is 2.00 bits per heavy atom. The minimum Gasteiger partial charge on any atom is -0.507 e. The number of primary amides is 1. The lowest BCUT2D eigenvalue weighted by Crippen LogP contribution is -2.59. The zero-order chi connectivity index (χ0) is 25.2. The third-order valence-electron chi connectivity index (χ3n) is 6.83. The van der Waals surface area contributed by atoms with Gasteiger partial charge in [-0.3, -0.25) is 14.4 Å². The van der Waals surface area contributed by atoms with E-state index in [9.17, 15) is 29.7 Å². The number of Topliss-reactive ketones (excluding diaryl/α,β-unsaturated/α-hetero) is 2. The smallest absolute Gasteiger partial charge is 0.225 e. The molecule has 0 aromatic heterocycles. The van der Waals surface area contributed by atoms with Crippen molar-refractivity contribution in [1.82, 2.24) is 0 Å². The van der Waals surface area contributed by atoms with E-state index in [2.05, 4.69) is 0 Å². The first-order valence-corrected chi connectivity index (χ1v) is 11.7. The van der Waals surface area contributed by atoms with E-state index in [1.807, 2.05) is 32.0 Å². The molecule has 9 nitrogen and oxygen atoms in total. The maximum absolute atomic E-state index is 13.6. The number of aliphatic hydroxyl groups excluding tert-OH is 2. The number of hydrogen-bond donors (Lipinski definition) is 4. The Hall–Kier alpha value is -2.91. The zero-order valence-electron chi connectivity index (χ0n) is 20.0. The molecule has 0 saturated heterocycles. The highest BCUT2D eigenvalue weighted by Crippen LogP contribution is 2.50. The summed E-state index contributed by atoms with van der Waals surface area (Å²) in [6, 6.07) is 3.65. The highest BCUT2D eigenvalue weighted by Gasteiger charge is 2.57. The lowest BCUT2D eigenvalue weighted by molar-refractivity contribution is -0.159. The number of anilines is 1. The Morgan fingerprint density at radius 1 is 1.29 bits per heavy atom. The molecule has 5 N–H and O–H groups in total. The summed E-state index contributed by atoms with van der Waals surface area (Å²) in [6.45, 7) is 2.12. The van der Waals surface area contributed by atoms with Gasteiger partial charge in [0.15, 0.2) is 11.4 Å². The minimum absolute atomic E-state index is 0.00908. The van der Waals surface area contributed by atoms with Gasteiger partial charge in [-0.05, 0) is 49.3 Å². The number of unbranched alkanes of at least 4 members (excludes halogenated alkanes) is 1. The van der Waals surface area contributed by atoms with Crippen LogP contribution in [0.4, 0.5) is 5.69 Å². The molecule has 1 amide bonds. The zero-order valence-corrected chi connectivity index (χ0v) is 20.0. The summed E-state index contributed by atoms with van der Waals surface area (Å²) in [7, 11) is 3.76. The second-order valence-corrected chi connectivity index (χ2v) is 9.30. The number of benzene rings is 1. The van der Waals surface area contributed by atoms with E-state index in [4.69, 9.17) is 10.5 Å². The van der Waals surface area contributed by atoms with Gasteiger partial charge in [0.25, 0.3) is 0 Å². The molecule has 0 unspecified atom stereocenters. The molecule has 1 aromatic carbocycles. The molecule has 1 fully saturated rings. The molecule has 2 aliphatic rings. The van der Waals surface area contributed by atoms with Gasteiger partial charge in [0.05, 0.1) is 18.6 Å². The number of hydrogen-bond acceptors (Lipinski definition) is 8. The van der Waals surface area contributed by atoms with Crippen LogP contribution >= 0.6 is 0 Å². The summed E-state index contributed by atoms with van der Waals surface area (Å²) in [4.78, 5) is 39.8. The Labute approximate surface area is 199 Å². The molecule has 0 aliphatic heterocycles. The van der Waals surface area contributed by atoms with Crippen molar-refractivity contribution in [2.75, 3.05) is 32.2 Å². The van der Waals surface area contributed by atoms with Crippen LogP contribution in [0.5, 0.6) is 5.75 Å². The number of fused-ring (bicyclic) bond motifs is 2. The summed E-state index contributed by atoms with van der Waals surface area (Å²) in [5.41, 5.74) is 4.62.